The molecule has 0 spiro atoms. The van der Waals surface area contributed by atoms with Crippen molar-refractivity contribution in [3.63, 3.8) is 0 Å². The van der Waals surface area contributed by atoms with Gasteiger partial charge in [-0.2, -0.15) is 0 Å². The lowest BCUT2D eigenvalue weighted by atomic mass is 10.2. The molecular formula is C8H9NO2. The Hall–Kier alpha value is -1.35. The van der Waals surface area contributed by atoms with E-state index < -0.39 is 0 Å². The maximum atomic E-state index is 8.68. The minimum atomic E-state index is 0.0382. The average molecular weight is 151 g/mol. The van der Waals surface area contributed by atoms with Gasteiger partial charge in [0.2, 0.25) is 0 Å². The molecule has 0 aliphatic heterocycles. The Kier molecular flexibility index (Phi) is 2.63. The Bertz CT molecular complexity index is 241. The third-order valence-electron chi connectivity index (χ3n) is 1.37. The Morgan fingerprint density at radius 2 is 1.91 bits per heavy atom. The van der Waals surface area contributed by atoms with E-state index in [-0.39, 0.29) is 6.61 Å². The Morgan fingerprint density at radius 3 is 2.36 bits per heavy atom. The monoisotopic (exact) mass is 151 g/mol. The number of rotatable bonds is 2. The normalized spacial score (nSPS) is 10.6. The Morgan fingerprint density at radius 1 is 1.27 bits per heavy atom. The second-order valence-electron chi connectivity index (χ2n) is 2.14. The highest BCUT2D eigenvalue weighted by Crippen LogP contribution is 2.01. The van der Waals surface area contributed by atoms with Crippen LogP contribution in [0.1, 0.15) is 11.1 Å². The minimum absolute atomic E-state index is 0.0382. The van der Waals surface area contributed by atoms with Crippen molar-refractivity contribution >= 4 is 6.21 Å². The smallest absolute Gasteiger partial charge is 0.0733 e. The molecular weight excluding hydrogens is 142 g/mol. The highest BCUT2D eigenvalue weighted by molar-refractivity contribution is 5.78. The van der Waals surface area contributed by atoms with Gasteiger partial charge in [-0.05, 0) is 11.1 Å². The highest BCUT2D eigenvalue weighted by atomic mass is 16.4. The molecule has 1 rings (SSSR count). The summed E-state index contributed by atoms with van der Waals surface area (Å²) in [5.41, 5.74) is 1.66. The van der Waals surface area contributed by atoms with Crippen LogP contribution in [0.4, 0.5) is 0 Å². The molecule has 1 aromatic rings. The average Bonchev–Trinajstić information content (AvgIpc) is 2.07. The Balaban J connectivity index is 2.82. The molecule has 0 heterocycles. The second-order valence-corrected chi connectivity index (χ2v) is 2.14. The third kappa shape index (κ3) is 2.05. The van der Waals surface area contributed by atoms with Gasteiger partial charge >= 0.3 is 0 Å². The van der Waals surface area contributed by atoms with E-state index in [1.807, 2.05) is 0 Å². The number of benzene rings is 1. The molecule has 0 atom stereocenters. The molecule has 0 aliphatic carbocycles. The lowest BCUT2D eigenvalue weighted by Gasteiger charge is -1.94. The minimum Gasteiger partial charge on any atom is -0.411 e. The Labute approximate surface area is 64.6 Å². The number of hydrogen-bond donors (Lipinski definition) is 2. The van der Waals surface area contributed by atoms with Gasteiger partial charge in [0, 0.05) is 0 Å². The molecule has 0 saturated carbocycles. The van der Waals surface area contributed by atoms with Gasteiger partial charge in [0.05, 0.1) is 12.8 Å². The lowest BCUT2D eigenvalue weighted by molar-refractivity contribution is 0.282. The molecule has 1 aromatic carbocycles. The molecule has 3 nitrogen and oxygen atoms in total. The fraction of sp³-hybridized carbons (Fsp3) is 0.125. The summed E-state index contributed by atoms with van der Waals surface area (Å²) in [7, 11) is 0. The maximum Gasteiger partial charge on any atom is 0.0733 e. The van der Waals surface area contributed by atoms with Crippen LogP contribution < -0.4 is 0 Å². The summed E-state index contributed by atoms with van der Waals surface area (Å²) in [4.78, 5) is 0. The first-order chi connectivity index (χ1) is 5.36. The quantitative estimate of drug-likeness (QED) is 0.376. The summed E-state index contributed by atoms with van der Waals surface area (Å²) in [5.74, 6) is 0. The molecule has 0 unspecified atom stereocenters. The fourth-order valence-electron chi connectivity index (χ4n) is 0.776. The summed E-state index contributed by atoms with van der Waals surface area (Å²) >= 11 is 0. The molecule has 0 amide bonds. The first-order valence-corrected chi connectivity index (χ1v) is 3.24. The lowest BCUT2D eigenvalue weighted by Crippen LogP contribution is -1.84. The zero-order valence-electron chi connectivity index (χ0n) is 5.94. The number of oxime groups is 1. The van der Waals surface area contributed by atoms with Crippen molar-refractivity contribution < 1.29 is 10.3 Å². The highest BCUT2D eigenvalue weighted by Gasteiger charge is 1.89. The van der Waals surface area contributed by atoms with Gasteiger partial charge in [-0.1, -0.05) is 29.4 Å². The van der Waals surface area contributed by atoms with Gasteiger partial charge in [0.25, 0.3) is 0 Å². The van der Waals surface area contributed by atoms with Gasteiger partial charge in [-0.25, -0.2) is 0 Å². The first-order valence-electron chi connectivity index (χ1n) is 3.24. The zero-order chi connectivity index (χ0) is 8.10. The van der Waals surface area contributed by atoms with E-state index in [4.69, 9.17) is 10.3 Å². The fourth-order valence-corrected chi connectivity index (χ4v) is 0.776. The summed E-state index contributed by atoms with van der Waals surface area (Å²) in [6.07, 6.45) is 1.33. The van der Waals surface area contributed by atoms with Crippen LogP contribution in [0, 0.1) is 0 Å². The number of hydrogen-bond acceptors (Lipinski definition) is 3. The predicted molar refractivity (Wildman–Crippen MR) is 41.7 cm³/mol. The van der Waals surface area contributed by atoms with Crippen molar-refractivity contribution in [2.24, 2.45) is 5.16 Å². The first kappa shape index (κ1) is 7.75. The number of aliphatic hydroxyl groups is 1. The van der Waals surface area contributed by atoms with Gasteiger partial charge in [0.15, 0.2) is 0 Å². The van der Waals surface area contributed by atoms with Crippen molar-refractivity contribution in [3.8, 4) is 0 Å². The van der Waals surface area contributed by atoms with Crippen LogP contribution in [0.15, 0.2) is 29.4 Å². The summed E-state index contributed by atoms with van der Waals surface area (Å²) < 4.78 is 0. The van der Waals surface area contributed by atoms with Gasteiger partial charge in [0.1, 0.15) is 0 Å². The molecule has 11 heavy (non-hydrogen) atoms. The van der Waals surface area contributed by atoms with E-state index in [0.29, 0.717) is 0 Å². The van der Waals surface area contributed by atoms with Crippen LogP contribution >= 0.6 is 0 Å². The molecule has 0 fully saturated rings. The van der Waals surface area contributed by atoms with Crippen LogP contribution in [-0.2, 0) is 6.61 Å². The van der Waals surface area contributed by atoms with Crippen molar-refractivity contribution in [1.29, 1.82) is 0 Å². The topological polar surface area (TPSA) is 52.8 Å². The van der Waals surface area contributed by atoms with E-state index in [2.05, 4.69) is 5.16 Å². The summed E-state index contributed by atoms with van der Waals surface area (Å²) in [6, 6.07) is 7.09. The molecule has 58 valence electrons. The van der Waals surface area contributed by atoms with Crippen molar-refractivity contribution in [3.05, 3.63) is 35.4 Å². The van der Waals surface area contributed by atoms with Crippen LogP contribution in [0.2, 0.25) is 0 Å². The summed E-state index contributed by atoms with van der Waals surface area (Å²) in [5, 5.41) is 19.7. The van der Waals surface area contributed by atoms with Gasteiger partial charge in [-0.15, -0.1) is 0 Å². The standard InChI is InChI=1S/C8H9NO2/c10-6-8-3-1-7(2-4-8)5-9-11/h1-5,10-11H,6H2/b9-5+. The SMILES string of the molecule is OCc1ccc(/C=N/O)cc1. The van der Waals surface area contributed by atoms with E-state index in [9.17, 15) is 0 Å². The second kappa shape index (κ2) is 3.73. The molecule has 3 heteroatoms. The molecule has 0 radical (unpaired) electrons. The van der Waals surface area contributed by atoms with Crippen LogP contribution in [0.3, 0.4) is 0 Å². The maximum absolute atomic E-state index is 8.68. The van der Waals surface area contributed by atoms with Crippen LogP contribution in [0.5, 0.6) is 0 Å². The van der Waals surface area contributed by atoms with Crippen molar-refractivity contribution in [2.45, 2.75) is 6.61 Å². The molecule has 0 saturated heterocycles. The van der Waals surface area contributed by atoms with E-state index in [0.717, 1.165) is 11.1 Å². The predicted octanol–water partition coefficient (Wildman–Crippen LogP) is 0.987. The molecule has 0 aromatic heterocycles. The van der Waals surface area contributed by atoms with E-state index in [1.54, 1.807) is 24.3 Å². The molecule has 2 N–H and O–H groups in total. The van der Waals surface area contributed by atoms with E-state index >= 15 is 0 Å². The number of aliphatic hydroxyl groups excluding tert-OH is 1. The van der Waals surface area contributed by atoms with Gasteiger partial charge in [-0.3, -0.25) is 0 Å². The zero-order valence-corrected chi connectivity index (χ0v) is 5.94. The van der Waals surface area contributed by atoms with E-state index in [1.165, 1.54) is 6.21 Å². The third-order valence-corrected chi connectivity index (χ3v) is 1.37. The summed E-state index contributed by atoms with van der Waals surface area (Å²) in [6.45, 7) is 0.0382. The van der Waals surface area contributed by atoms with Crippen LogP contribution in [-0.4, -0.2) is 16.5 Å². The van der Waals surface area contributed by atoms with Gasteiger partial charge < -0.3 is 10.3 Å². The molecule has 0 aliphatic rings. The van der Waals surface area contributed by atoms with Crippen molar-refractivity contribution in [2.75, 3.05) is 0 Å². The molecule has 0 bridgehead atoms. The van der Waals surface area contributed by atoms with Crippen LogP contribution in [0.25, 0.3) is 0 Å². The number of nitrogens with zero attached hydrogens (tertiary/aromatic N) is 1. The largest absolute Gasteiger partial charge is 0.411 e. The van der Waals surface area contributed by atoms with Crippen molar-refractivity contribution in [1.82, 2.24) is 0 Å².